The number of hydrogen-bond donors (Lipinski definition) is 1. The Hall–Kier alpha value is -1.89. The molecular weight excluding hydrogens is 352 g/mol. The highest BCUT2D eigenvalue weighted by Gasteiger charge is 2.40. The molecule has 1 N–H and O–H groups in total. The van der Waals surface area contributed by atoms with Gasteiger partial charge in [0.15, 0.2) is 5.79 Å². The molecule has 0 aliphatic carbocycles. The number of benzene rings is 1. The van der Waals surface area contributed by atoms with Gasteiger partial charge in [-0.25, -0.2) is 9.97 Å². The van der Waals surface area contributed by atoms with Gasteiger partial charge in [0.05, 0.1) is 13.2 Å². The fourth-order valence-corrected chi connectivity index (χ4v) is 3.59. The molecule has 1 spiro atoms. The van der Waals surface area contributed by atoms with E-state index in [1.807, 2.05) is 30.3 Å². The van der Waals surface area contributed by atoms with E-state index in [4.69, 9.17) is 21.1 Å². The fraction of sp³-hybridized carbons (Fsp3) is 0.474. The third-order valence-corrected chi connectivity index (χ3v) is 5.20. The Labute approximate surface area is 158 Å². The lowest BCUT2D eigenvalue weighted by Crippen LogP contribution is -2.45. The van der Waals surface area contributed by atoms with Crippen molar-refractivity contribution < 1.29 is 9.47 Å². The summed E-state index contributed by atoms with van der Waals surface area (Å²) in [4.78, 5) is 11.0. The molecule has 1 aromatic carbocycles. The molecule has 6 nitrogen and oxygen atoms in total. The average Bonchev–Trinajstić information content (AvgIpc) is 3.12. The topological polar surface area (TPSA) is 59.5 Å². The van der Waals surface area contributed by atoms with E-state index < -0.39 is 0 Å². The first-order chi connectivity index (χ1) is 12.7. The van der Waals surface area contributed by atoms with E-state index in [-0.39, 0.29) is 5.79 Å². The van der Waals surface area contributed by atoms with Crippen molar-refractivity contribution in [2.75, 3.05) is 43.1 Å². The largest absolute Gasteiger partial charge is 0.370 e. The molecule has 0 saturated carbocycles. The molecule has 138 valence electrons. The number of halogens is 1. The van der Waals surface area contributed by atoms with Gasteiger partial charge < -0.3 is 19.7 Å². The van der Waals surface area contributed by atoms with E-state index in [1.54, 1.807) is 6.33 Å². The molecule has 2 aliphatic rings. The van der Waals surface area contributed by atoms with Crippen LogP contribution in [0.5, 0.6) is 0 Å². The Balaban J connectivity index is 1.31. The quantitative estimate of drug-likeness (QED) is 0.867. The minimum atomic E-state index is -0.358. The van der Waals surface area contributed by atoms with Crippen LogP contribution in [0, 0.1) is 0 Å². The second-order valence-electron chi connectivity index (χ2n) is 6.66. The SMILES string of the molecule is Clc1ccc(CCNc2cc(N3CCC4(CC3)OCCO4)ncn2)cc1. The first-order valence-electron chi connectivity index (χ1n) is 9.06. The number of nitrogens with zero attached hydrogens (tertiary/aromatic N) is 3. The first-order valence-corrected chi connectivity index (χ1v) is 9.44. The maximum atomic E-state index is 5.92. The Morgan fingerprint density at radius 3 is 2.54 bits per heavy atom. The van der Waals surface area contributed by atoms with Gasteiger partial charge >= 0.3 is 0 Å². The summed E-state index contributed by atoms with van der Waals surface area (Å²) in [6.07, 6.45) is 4.27. The molecule has 0 atom stereocenters. The molecule has 0 bridgehead atoms. The van der Waals surface area contributed by atoms with Crippen molar-refractivity contribution >= 4 is 23.2 Å². The summed E-state index contributed by atoms with van der Waals surface area (Å²) < 4.78 is 11.6. The van der Waals surface area contributed by atoms with Gasteiger partial charge in [-0.05, 0) is 24.1 Å². The zero-order chi connectivity index (χ0) is 17.8. The van der Waals surface area contributed by atoms with Crippen molar-refractivity contribution in [3.63, 3.8) is 0 Å². The Morgan fingerprint density at radius 2 is 1.81 bits per heavy atom. The summed E-state index contributed by atoms with van der Waals surface area (Å²) >= 11 is 5.92. The van der Waals surface area contributed by atoms with E-state index >= 15 is 0 Å². The van der Waals surface area contributed by atoms with Gasteiger partial charge in [-0.3, -0.25) is 0 Å². The summed E-state index contributed by atoms with van der Waals surface area (Å²) in [6, 6.07) is 9.94. The van der Waals surface area contributed by atoms with Gasteiger partial charge in [-0.2, -0.15) is 0 Å². The predicted molar refractivity (Wildman–Crippen MR) is 102 cm³/mol. The molecule has 7 heteroatoms. The maximum Gasteiger partial charge on any atom is 0.171 e. The molecule has 4 rings (SSSR count). The maximum absolute atomic E-state index is 5.92. The minimum absolute atomic E-state index is 0.358. The van der Waals surface area contributed by atoms with Crippen LogP contribution in [-0.2, 0) is 15.9 Å². The van der Waals surface area contributed by atoms with Crippen molar-refractivity contribution in [1.82, 2.24) is 9.97 Å². The highest BCUT2D eigenvalue weighted by Crippen LogP contribution is 2.32. The summed E-state index contributed by atoms with van der Waals surface area (Å²) in [5.41, 5.74) is 1.24. The molecule has 2 saturated heterocycles. The van der Waals surface area contributed by atoms with Crippen molar-refractivity contribution in [2.24, 2.45) is 0 Å². The van der Waals surface area contributed by atoms with Crippen LogP contribution in [0.3, 0.4) is 0 Å². The second kappa shape index (κ2) is 7.78. The molecule has 2 aliphatic heterocycles. The van der Waals surface area contributed by atoms with Gasteiger partial charge in [0, 0.05) is 43.6 Å². The average molecular weight is 375 g/mol. The number of anilines is 2. The zero-order valence-corrected chi connectivity index (χ0v) is 15.4. The number of ether oxygens (including phenoxy) is 2. The summed E-state index contributed by atoms with van der Waals surface area (Å²) in [5.74, 6) is 1.43. The predicted octanol–water partition coefficient (Wildman–Crippen LogP) is 3.13. The number of hydrogen-bond acceptors (Lipinski definition) is 6. The summed E-state index contributed by atoms with van der Waals surface area (Å²) in [6.45, 7) is 3.97. The van der Waals surface area contributed by atoms with Crippen LogP contribution in [-0.4, -0.2) is 48.6 Å². The highest BCUT2D eigenvalue weighted by molar-refractivity contribution is 6.30. The lowest BCUT2D eigenvalue weighted by molar-refractivity contribution is -0.169. The van der Waals surface area contributed by atoms with Crippen LogP contribution in [0.25, 0.3) is 0 Å². The number of nitrogens with one attached hydrogen (secondary N) is 1. The van der Waals surface area contributed by atoms with Gasteiger partial charge in [0.25, 0.3) is 0 Å². The highest BCUT2D eigenvalue weighted by atomic mass is 35.5. The molecule has 0 unspecified atom stereocenters. The first kappa shape index (κ1) is 17.5. The van der Waals surface area contributed by atoms with Crippen molar-refractivity contribution in [2.45, 2.75) is 25.0 Å². The van der Waals surface area contributed by atoms with Gasteiger partial charge in [0.2, 0.25) is 0 Å². The number of rotatable bonds is 5. The number of piperidine rings is 1. The van der Waals surface area contributed by atoms with Crippen LogP contribution in [0.2, 0.25) is 5.02 Å². The molecule has 1 aromatic heterocycles. The van der Waals surface area contributed by atoms with E-state index in [9.17, 15) is 0 Å². The molecule has 2 fully saturated rings. The lowest BCUT2D eigenvalue weighted by atomic mass is 10.0. The Bertz CT molecular complexity index is 725. The fourth-order valence-electron chi connectivity index (χ4n) is 3.46. The van der Waals surface area contributed by atoms with Crippen LogP contribution >= 0.6 is 11.6 Å². The molecular formula is C19H23ClN4O2. The Kier molecular flexibility index (Phi) is 5.24. The van der Waals surface area contributed by atoms with Gasteiger partial charge in [-0.15, -0.1) is 0 Å². The molecule has 0 radical (unpaired) electrons. The summed E-state index contributed by atoms with van der Waals surface area (Å²) in [5, 5.41) is 4.14. The van der Waals surface area contributed by atoms with Crippen LogP contribution in [0.1, 0.15) is 18.4 Å². The van der Waals surface area contributed by atoms with E-state index in [0.29, 0.717) is 13.2 Å². The van der Waals surface area contributed by atoms with Crippen LogP contribution in [0.15, 0.2) is 36.7 Å². The van der Waals surface area contributed by atoms with Crippen LogP contribution < -0.4 is 10.2 Å². The molecule has 0 amide bonds. The monoisotopic (exact) mass is 374 g/mol. The summed E-state index contributed by atoms with van der Waals surface area (Å²) in [7, 11) is 0. The second-order valence-corrected chi connectivity index (χ2v) is 7.10. The van der Waals surface area contributed by atoms with Gasteiger partial charge in [-0.1, -0.05) is 23.7 Å². The lowest BCUT2D eigenvalue weighted by Gasteiger charge is -2.38. The third kappa shape index (κ3) is 4.09. The van der Waals surface area contributed by atoms with E-state index in [0.717, 1.165) is 55.6 Å². The molecule has 3 heterocycles. The zero-order valence-electron chi connectivity index (χ0n) is 14.7. The molecule has 26 heavy (non-hydrogen) atoms. The minimum Gasteiger partial charge on any atom is -0.370 e. The van der Waals surface area contributed by atoms with Crippen molar-refractivity contribution in [3.8, 4) is 0 Å². The van der Waals surface area contributed by atoms with E-state index in [1.165, 1.54) is 5.56 Å². The van der Waals surface area contributed by atoms with E-state index in [2.05, 4.69) is 20.2 Å². The normalized spacial score (nSPS) is 19.0. The number of aromatic nitrogens is 2. The van der Waals surface area contributed by atoms with Gasteiger partial charge in [0.1, 0.15) is 18.0 Å². The third-order valence-electron chi connectivity index (χ3n) is 4.95. The molecule has 2 aromatic rings. The Morgan fingerprint density at radius 1 is 1.08 bits per heavy atom. The standard InChI is InChI=1S/C19H23ClN4O2/c20-16-3-1-15(2-4-16)5-8-21-17-13-18(23-14-22-17)24-9-6-19(7-10-24)25-11-12-26-19/h1-4,13-14H,5-12H2,(H,21,22,23). The van der Waals surface area contributed by atoms with Crippen molar-refractivity contribution in [3.05, 3.63) is 47.2 Å². The smallest absolute Gasteiger partial charge is 0.171 e. The van der Waals surface area contributed by atoms with Crippen molar-refractivity contribution in [1.29, 1.82) is 0 Å². The van der Waals surface area contributed by atoms with Crippen LogP contribution in [0.4, 0.5) is 11.6 Å².